The third-order valence-corrected chi connectivity index (χ3v) is 16.5. The van der Waals surface area contributed by atoms with Gasteiger partial charge in [-0.05, 0) is 97.6 Å². The summed E-state index contributed by atoms with van der Waals surface area (Å²) in [7, 11) is 0. The van der Waals surface area contributed by atoms with Crippen molar-refractivity contribution in [1.29, 1.82) is 0 Å². The average molecular weight is 1030 g/mol. The van der Waals surface area contributed by atoms with Gasteiger partial charge in [-0.25, -0.2) is 15.0 Å². The van der Waals surface area contributed by atoms with Crippen molar-refractivity contribution in [3.63, 3.8) is 0 Å². The van der Waals surface area contributed by atoms with Crippen molar-refractivity contribution in [2.45, 2.75) is 5.41 Å². The Labute approximate surface area is 469 Å². The molecule has 2 aliphatic rings. The highest BCUT2D eigenvalue weighted by molar-refractivity contribution is 6.13. The van der Waals surface area contributed by atoms with E-state index in [4.69, 9.17) is 19.4 Å². The van der Waals surface area contributed by atoms with Crippen LogP contribution >= 0.6 is 0 Å². The number of nitrogens with zero attached hydrogens (tertiary/aromatic N) is 4. The van der Waals surface area contributed by atoms with E-state index in [9.17, 15) is 0 Å². The second-order valence-corrected chi connectivity index (χ2v) is 21.0. The first-order chi connectivity index (χ1) is 40.2. The lowest BCUT2D eigenvalue weighted by molar-refractivity contribution is 0.671. The van der Waals surface area contributed by atoms with Gasteiger partial charge in [0.05, 0.1) is 11.1 Å². The topological polar surface area (TPSA) is 55.1 Å². The second-order valence-electron chi connectivity index (χ2n) is 21.0. The van der Waals surface area contributed by atoms with E-state index in [2.05, 4.69) is 235 Å². The number of fused-ring (bicyclic) bond motifs is 13. The number of anilines is 3. The van der Waals surface area contributed by atoms with Crippen LogP contribution in [-0.2, 0) is 5.41 Å². The van der Waals surface area contributed by atoms with Crippen LogP contribution in [0.2, 0.25) is 0 Å². The molecule has 0 N–H and O–H groups in total. The Bertz CT molecular complexity index is 4660. The standard InChI is InChI=1S/C76H48N4O/c1-4-21-49(22-5-1)50-43-45-56(46-44-50)80(69-42-20-41-68-70(69)64-33-12-15-40-67(64)76(68)65-38-13-10-31-60(65)61-32-11-14-39-66(61)76)57-30-17-28-54(48-57)59-35-19-37-63-62-36-18-34-58(71(62)81-72(59)63)53-27-16-29-55(47-53)75-78-73(51-23-6-2-7-24-51)77-74(79-75)52-25-8-3-9-26-52/h1-48H. The molecule has 0 saturated heterocycles. The van der Waals surface area contributed by atoms with E-state index in [0.717, 1.165) is 83.5 Å². The lowest BCUT2D eigenvalue weighted by Gasteiger charge is -2.32. The molecular weight excluding hydrogens is 985 g/mol. The molecule has 2 heterocycles. The van der Waals surface area contributed by atoms with Crippen molar-refractivity contribution >= 4 is 39.0 Å². The number of para-hydroxylation sites is 2. The molecule has 0 bridgehead atoms. The highest BCUT2D eigenvalue weighted by atomic mass is 16.3. The van der Waals surface area contributed by atoms with Crippen molar-refractivity contribution in [2.75, 3.05) is 4.90 Å². The Morgan fingerprint density at radius 1 is 0.272 bits per heavy atom. The SMILES string of the molecule is c1ccc(-c2ccc(N(c3cccc(-c4cccc5c4oc4c(-c6cccc(-c7nc(-c8ccccc8)nc(-c8ccccc8)n7)c6)cccc45)c3)c3cccc4c3-c3ccccc3C43c4ccccc4-c4ccccc43)cc2)cc1. The van der Waals surface area contributed by atoms with Gasteiger partial charge in [0.25, 0.3) is 0 Å². The van der Waals surface area contributed by atoms with E-state index in [0.29, 0.717) is 17.5 Å². The molecular formula is C76H48N4O. The number of furan rings is 1. The molecule has 0 fully saturated rings. The van der Waals surface area contributed by atoms with Crippen molar-refractivity contribution in [2.24, 2.45) is 0 Å². The van der Waals surface area contributed by atoms with Crippen molar-refractivity contribution in [3.05, 3.63) is 313 Å². The number of rotatable bonds is 9. The molecule has 1 spiro atoms. The molecule has 0 aliphatic heterocycles. The zero-order valence-corrected chi connectivity index (χ0v) is 43.9. The van der Waals surface area contributed by atoms with E-state index in [1.54, 1.807) is 0 Å². The molecule has 5 nitrogen and oxygen atoms in total. The monoisotopic (exact) mass is 1030 g/mol. The maximum atomic E-state index is 7.20. The van der Waals surface area contributed by atoms with Crippen LogP contribution in [0.3, 0.4) is 0 Å². The van der Waals surface area contributed by atoms with Crippen molar-refractivity contribution in [3.8, 4) is 89.8 Å². The summed E-state index contributed by atoms with van der Waals surface area (Å²) in [5.74, 6) is 1.85. The van der Waals surface area contributed by atoms with Gasteiger partial charge in [-0.2, -0.15) is 0 Å². The van der Waals surface area contributed by atoms with Gasteiger partial charge in [-0.15, -0.1) is 0 Å². The maximum absolute atomic E-state index is 7.20. The normalized spacial score (nSPS) is 12.5. The lowest BCUT2D eigenvalue weighted by atomic mass is 9.70. The third-order valence-electron chi connectivity index (χ3n) is 16.5. The summed E-state index contributed by atoms with van der Waals surface area (Å²) >= 11 is 0. The molecule has 2 aromatic heterocycles. The van der Waals surface area contributed by atoms with Crippen LogP contribution in [0.25, 0.3) is 112 Å². The van der Waals surface area contributed by atoms with Gasteiger partial charge in [0.2, 0.25) is 0 Å². The van der Waals surface area contributed by atoms with Crippen LogP contribution in [0, 0.1) is 0 Å². The fraction of sp³-hybridized carbons (Fsp3) is 0.0132. The first kappa shape index (κ1) is 46.4. The Hall–Kier alpha value is -10.8. The first-order valence-electron chi connectivity index (χ1n) is 27.6. The Balaban J connectivity index is 0.842. The molecule has 81 heavy (non-hydrogen) atoms. The fourth-order valence-corrected chi connectivity index (χ4v) is 13.0. The largest absolute Gasteiger partial charge is 0.455 e. The van der Waals surface area contributed by atoms with E-state index in [-0.39, 0.29) is 0 Å². The predicted octanol–water partition coefficient (Wildman–Crippen LogP) is 19.6. The van der Waals surface area contributed by atoms with E-state index < -0.39 is 5.41 Å². The fourth-order valence-electron chi connectivity index (χ4n) is 13.0. The molecule has 0 amide bonds. The summed E-state index contributed by atoms with van der Waals surface area (Å²) in [6, 6.07) is 104. The van der Waals surface area contributed by atoms with E-state index in [1.807, 2.05) is 60.7 Å². The van der Waals surface area contributed by atoms with Gasteiger partial charge in [-0.3, -0.25) is 0 Å². The molecule has 0 saturated carbocycles. The van der Waals surface area contributed by atoms with Gasteiger partial charge in [0.1, 0.15) is 11.2 Å². The zero-order valence-electron chi connectivity index (χ0n) is 43.9. The van der Waals surface area contributed by atoms with E-state index >= 15 is 0 Å². The molecule has 378 valence electrons. The zero-order chi connectivity index (χ0) is 53.4. The number of hydrogen-bond acceptors (Lipinski definition) is 5. The van der Waals surface area contributed by atoms with Crippen LogP contribution in [-0.4, -0.2) is 15.0 Å². The number of benzene rings is 12. The predicted molar refractivity (Wildman–Crippen MR) is 331 cm³/mol. The minimum Gasteiger partial charge on any atom is -0.455 e. The van der Waals surface area contributed by atoms with Crippen LogP contribution < -0.4 is 4.90 Å². The molecule has 14 aromatic rings. The second kappa shape index (κ2) is 18.7. The third kappa shape index (κ3) is 7.36. The van der Waals surface area contributed by atoms with Gasteiger partial charge < -0.3 is 9.32 Å². The molecule has 5 heteroatoms. The smallest absolute Gasteiger partial charge is 0.164 e. The van der Waals surface area contributed by atoms with Crippen molar-refractivity contribution < 1.29 is 4.42 Å². The Kier molecular flexibility index (Phi) is 10.7. The van der Waals surface area contributed by atoms with Crippen LogP contribution in [0.4, 0.5) is 17.1 Å². The summed E-state index contributed by atoms with van der Waals surface area (Å²) in [4.78, 5) is 17.5. The van der Waals surface area contributed by atoms with Gasteiger partial charge in [0, 0.05) is 55.5 Å². The first-order valence-corrected chi connectivity index (χ1v) is 27.6. The number of hydrogen-bond donors (Lipinski definition) is 0. The molecule has 2 aliphatic carbocycles. The number of aromatic nitrogens is 3. The summed E-state index contributed by atoms with van der Waals surface area (Å²) < 4.78 is 7.20. The Morgan fingerprint density at radius 2 is 0.679 bits per heavy atom. The molecule has 0 atom stereocenters. The highest BCUT2D eigenvalue weighted by Gasteiger charge is 2.52. The van der Waals surface area contributed by atoms with Crippen molar-refractivity contribution in [1.82, 2.24) is 15.0 Å². The lowest BCUT2D eigenvalue weighted by Crippen LogP contribution is -2.26. The highest BCUT2D eigenvalue weighted by Crippen LogP contribution is 2.64. The van der Waals surface area contributed by atoms with Gasteiger partial charge in [0.15, 0.2) is 17.5 Å². The van der Waals surface area contributed by atoms with Gasteiger partial charge >= 0.3 is 0 Å². The molecule has 12 aromatic carbocycles. The van der Waals surface area contributed by atoms with Crippen LogP contribution in [0.1, 0.15) is 22.3 Å². The summed E-state index contributed by atoms with van der Waals surface area (Å²) in [6.07, 6.45) is 0. The molecule has 0 unspecified atom stereocenters. The minimum atomic E-state index is -0.485. The average Bonchev–Trinajstić information content (AvgIpc) is 4.33. The van der Waals surface area contributed by atoms with Gasteiger partial charge in [-0.1, -0.05) is 255 Å². The minimum absolute atomic E-state index is 0.485. The summed E-state index contributed by atoms with van der Waals surface area (Å²) in [5, 5.41) is 2.10. The van der Waals surface area contributed by atoms with E-state index in [1.165, 1.54) is 50.1 Å². The quantitative estimate of drug-likeness (QED) is 0.144. The summed E-state index contributed by atoms with van der Waals surface area (Å²) in [6.45, 7) is 0. The molecule has 0 radical (unpaired) electrons. The maximum Gasteiger partial charge on any atom is 0.164 e. The Morgan fingerprint density at radius 3 is 1.27 bits per heavy atom. The van der Waals surface area contributed by atoms with Crippen LogP contribution in [0.5, 0.6) is 0 Å². The summed E-state index contributed by atoms with van der Waals surface area (Å²) in [5.41, 5.74) is 23.8. The van der Waals surface area contributed by atoms with Crippen LogP contribution in [0.15, 0.2) is 296 Å². The molecule has 16 rings (SSSR count).